The average Bonchev–Trinajstić information content (AvgIpc) is 3.17. The van der Waals surface area contributed by atoms with Gasteiger partial charge in [0, 0.05) is 18.2 Å². The van der Waals surface area contributed by atoms with Gasteiger partial charge in [-0.1, -0.05) is 48.5 Å². The molecule has 6 heteroatoms. The van der Waals surface area contributed by atoms with E-state index >= 15 is 0 Å². The van der Waals surface area contributed by atoms with E-state index in [9.17, 15) is 9.90 Å². The third kappa shape index (κ3) is 4.16. The third-order valence-corrected chi connectivity index (χ3v) is 4.49. The van der Waals surface area contributed by atoms with Crippen molar-refractivity contribution in [3.63, 3.8) is 0 Å². The lowest BCUT2D eigenvalue weighted by Crippen LogP contribution is -2.20. The molecule has 0 unspecified atom stereocenters. The van der Waals surface area contributed by atoms with Crippen LogP contribution < -0.4 is 5.32 Å². The first-order valence-electron chi connectivity index (χ1n) is 9.26. The first-order valence-corrected chi connectivity index (χ1v) is 9.26. The van der Waals surface area contributed by atoms with Crippen LogP contribution in [-0.2, 0) is 11.3 Å². The molecule has 0 aliphatic heterocycles. The van der Waals surface area contributed by atoms with Crippen molar-refractivity contribution in [2.24, 2.45) is 0 Å². The molecule has 2 N–H and O–H groups in total. The molecule has 1 heterocycles. The largest absolute Gasteiger partial charge is 0.505 e. The quantitative estimate of drug-likeness (QED) is 0.514. The van der Waals surface area contributed by atoms with Crippen LogP contribution in [-0.4, -0.2) is 26.0 Å². The predicted molar refractivity (Wildman–Crippen MR) is 113 cm³/mol. The number of rotatable bonds is 5. The second-order valence-electron chi connectivity index (χ2n) is 6.73. The summed E-state index contributed by atoms with van der Waals surface area (Å²) in [4.78, 5) is 13.6. The number of benzene rings is 3. The molecule has 144 valence electrons. The van der Waals surface area contributed by atoms with Crippen molar-refractivity contribution in [2.75, 3.05) is 0 Å². The van der Waals surface area contributed by atoms with Crippen LogP contribution >= 0.6 is 0 Å². The molecular weight excluding hydrogens is 364 g/mol. The molecule has 0 spiro atoms. The monoisotopic (exact) mass is 384 g/mol. The summed E-state index contributed by atoms with van der Waals surface area (Å²) >= 11 is 0. The molecule has 1 aromatic heterocycles. The Morgan fingerprint density at radius 1 is 1.03 bits per heavy atom. The summed E-state index contributed by atoms with van der Waals surface area (Å²) in [5.74, 6) is -0.192. The van der Waals surface area contributed by atoms with Crippen LogP contribution in [0, 0.1) is 6.92 Å². The smallest absolute Gasteiger partial charge is 0.244 e. The topological polar surface area (TPSA) is 80.0 Å². The molecule has 0 aliphatic carbocycles. The van der Waals surface area contributed by atoms with E-state index in [4.69, 9.17) is 0 Å². The molecule has 4 aromatic rings. The number of phenolic OH excluding ortho intramolecular Hbond substituents is 1. The number of aromatic nitrogens is 3. The van der Waals surface area contributed by atoms with Crippen molar-refractivity contribution in [3.8, 4) is 11.4 Å². The van der Waals surface area contributed by atoms with Crippen LogP contribution in [0.3, 0.4) is 0 Å². The highest BCUT2D eigenvalue weighted by atomic mass is 16.3. The number of aryl methyl sites for hydroxylation is 1. The number of hydrogen-bond acceptors (Lipinski definition) is 4. The van der Waals surface area contributed by atoms with E-state index in [1.165, 1.54) is 10.9 Å². The fraction of sp³-hybridized carbons (Fsp3) is 0.0870. The molecule has 0 bridgehead atoms. The fourth-order valence-electron chi connectivity index (χ4n) is 3.07. The molecule has 3 aromatic carbocycles. The zero-order valence-corrected chi connectivity index (χ0v) is 15.9. The number of carbonyl (C=O) groups is 1. The fourth-order valence-corrected chi connectivity index (χ4v) is 3.07. The Morgan fingerprint density at radius 3 is 2.38 bits per heavy atom. The minimum absolute atomic E-state index is 0.0447. The molecule has 1 amide bonds. The summed E-state index contributed by atoms with van der Waals surface area (Å²) in [7, 11) is 0. The minimum atomic E-state index is -0.237. The van der Waals surface area contributed by atoms with Gasteiger partial charge in [-0.15, -0.1) is 15.0 Å². The van der Waals surface area contributed by atoms with Crippen molar-refractivity contribution < 1.29 is 9.90 Å². The van der Waals surface area contributed by atoms with E-state index in [1.54, 1.807) is 6.08 Å². The van der Waals surface area contributed by atoms with Crippen LogP contribution in [0.4, 0.5) is 0 Å². The van der Waals surface area contributed by atoms with E-state index in [-0.39, 0.29) is 18.2 Å². The summed E-state index contributed by atoms with van der Waals surface area (Å²) in [6, 6.07) is 20.8. The van der Waals surface area contributed by atoms with Gasteiger partial charge in [-0.05, 0) is 42.3 Å². The van der Waals surface area contributed by atoms with Crippen LogP contribution in [0.15, 0.2) is 72.8 Å². The number of aromatic hydroxyl groups is 1. The summed E-state index contributed by atoms with van der Waals surface area (Å²) < 4.78 is 0. The number of nitrogens with zero attached hydrogens (tertiary/aromatic N) is 3. The lowest BCUT2D eigenvalue weighted by Gasteiger charge is -2.11. The van der Waals surface area contributed by atoms with Gasteiger partial charge in [0.05, 0.1) is 0 Å². The standard InChI is InChI=1S/C23H20N4O2/c1-16-13-18(15-24-22(28)12-11-17-7-3-2-4-8-17)23(29)21(14-16)27-25-19-9-5-6-10-20(19)26-27/h2-14,29H,15H2,1H3,(H,24,28). The maximum atomic E-state index is 12.1. The maximum Gasteiger partial charge on any atom is 0.244 e. The highest BCUT2D eigenvalue weighted by Crippen LogP contribution is 2.28. The highest BCUT2D eigenvalue weighted by Gasteiger charge is 2.14. The number of phenols is 1. The Bertz CT molecular complexity index is 1160. The summed E-state index contributed by atoms with van der Waals surface area (Å²) in [6.45, 7) is 2.12. The van der Waals surface area contributed by atoms with E-state index in [0.717, 1.165) is 22.2 Å². The van der Waals surface area contributed by atoms with Gasteiger partial charge in [-0.25, -0.2) is 0 Å². The van der Waals surface area contributed by atoms with Gasteiger partial charge in [0.15, 0.2) is 0 Å². The Hall–Kier alpha value is -3.93. The number of hydrogen-bond donors (Lipinski definition) is 2. The summed E-state index contributed by atoms with van der Waals surface area (Å²) in [6.07, 6.45) is 3.22. The molecule has 0 fully saturated rings. The highest BCUT2D eigenvalue weighted by molar-refractivity contribution is 5.91. The average molecular weight is 384 g/mol. The lowest BCUT2D eigenvalue weighted by atomic mass is 10.1. The molecule has 0 aliphatic rings. The number of amides is 1. The van der Waals surface area contributed by atoms with Gasteiger partial charge >= 0.3 is 0 Å². The van der Waals surface area contributed by atoms with Gasteiger partial charge in [-0.3, -0.25) is 4.79 Å². The van der Waals surface area contributed by atoms with Crippen LogP contribution in [0.2, 0.25) is 0 Å². The van der Waals surface area contributed by atoms with Crippen LogP contribution in [0.1, 0.15) is 16.7 Å². The zero-order chi connectivity index (χ0) is 20.2. The van der Waals surface area contributed by atoms with Crippen molar-refractivity contribution in [3.05, 3.63) is 89.5 Å². The first kappa shape index (κ1) is 18.4. The lowest BCUT2D eigenvalue weighted by molar-refractivity contribution is -0.116. The van der Waals surface area contributed by atoms with Gasteiger partial charge in [0.1, 0.15) is 22.5 Å². The Morgan fingerprint density at radius 2 is 1.69 bits per heavy atom. The Labute approximate surface area is 168 Å². The van der Waals surface area contributed by atoms with Crippen molar-refractivity contribution in [1.82, 2.24) is 20.3 Å². The Balaban J connectivity index is 1.54. The van der Waals surface area contributed by atoms with E-state index < -0.39 is 0 Å². The third-order valence-electron chi connectivity index (χ3n) is 4.49. The van der Waals surface area contributed by atoms with Gasteiger partial charge < -0.3 is 10.4 Å². The summed E-state index contributed by atoms with van der Waals surface area (Å²) in [5, 5.41) is 22.4. The Kier molecular flexibility index (Phi) is 5.07. The number of carbonyl (C=O) groups excluding carboxylic acids is 1. The molecule has 29 heavy (non-hydrogen) atoms. The van der Waals surface area contributed by atoms with E-state index in [0.29, 0.717) is 11.3 Å². The van der Waals surface area contributed by atoms with Crippen LogP contribution in [0.25, 0.3) is 22.8 Å². The van der Waals surface area contributed by atoms with E-state index in [1.807, 2.05) is 73.7 Å². The predicted octanol–water partition coefficient (Wildman–Crippen LogP) is 3.76. The van der Waals surface area contributed by atoms with Crippen LogP contribution in [0.5, 0.6) is 5.75 Å². The maximum absolute atomic E-state index is 12.1. The number of nitrogens with one attached hydrogen (secondary N) is 1. The van der Waals surface area contributed by atoms with Crippen molar-refractivity contribution in [1.29, 1.82) is 0 Å². The molecule has 0 saturated carbocycles. The molecule has 6 nitrogen and oxygen atoms in total. The second-order valence-corrected chi connectivity index (χ2v) is 6.73. The minimum Gasteiger partial charge on any atom is -0.505 e. The summed E-state index contributed by atoms with van der Waals surface area (Å²) in [5.41, 5.74) is 4.44. The van der Waals surface area contributed by atoms with Crippen molar-refractivity contribution in [2.45, 2.75) is 13.5 Å². The second kappa shape index (κ2) is 7.98. The zero-order valence-electron chi connectivity index (χ0n) is 15.9. The molecule has 0 radical (unpaired) electrons. The first-order chi connectivity index (χ1) is 14.1. The normalized spacial score (nSPS) is 11.2. The van der Waals surface area contributed by atoms with Gasteiger partial charge in [-0.2, -0.15) is 0 Å². The van der Waals surface area contributed by atoms with Gasteiger partial charge in [0.25, 0.3) is 0 Å². The van der Waals surface area contributed by atoms with Gasteiger partial charge in [0.2, 0.25) is 5.91 Å². The van der Waals surface area contributed by atoms with Crippen molar-refractivity contribution >= 4 is 23.0 Å². The molecule has 0 atom stereocenters. The molecule has 0 saturated heterocycles. The SMILES string of the molecule is Cc1cc(CNC(=O)C=Cc2ccccc2)c(O)c(-n2nc3ccccc3n2)c1. The molecule has 4 rings (SSSR count). The number of fused-ring (bicyclic) bond motifs is 1. The van der Waals surface area contributed by atoms with E-state index in [2.05, 4.69) is 15.5 Å². The molecular formula is C23H20N4O2.